The van der Waals surface area contributed by atoms with Crippen LogP contribution in [0.4, 0.5) is 0 Å². The van der Waals surface area contributed by atoms with E-state index < -0.39 is 0 Å². The number of nitrogens with two attached hydrogens (primary N) is 1. The van der Waals surface area contributed by atoms with Gasteiger partial charge in [0.1, 0.15) is 0 Å². The smallest absolute Gasteiger partial charge is 0.226 e. The molecule has 3 nitrogen and oxygen atoms in total. The van der Waals surface area contributed by atoms with E-state index in [0.717, 1.165) is 18.4 Å². The Kier molecular flexibility index (Phi) is 6.63. The Hall–Kier alpha value is -0.770. The van der Waals surface area contributed by atoms with Crippen molar-refractivity contribution in [2.45, 2.75) is 26.3 Å². The molecule has 0 aromatic heterocycles. The highest BCUT2D eigenvalue weighted by atomic mass is 35.5. The minimum atomic E-state index is -0.107. The molecular weight excluding hydrogens is 283 g/mol. The van der Waals surface area contributed by atoms with Crippen molar-refractivity contribution in [3.8, 4) is 0 Å². The zero-order valence-electron chi connectivity index (χ0n) is 11.3. The van der Waals surface area contributed by atoms with Crippen LogP contribution < -0.4 is 5.73 Å². The first-order valence-corrected chi connectivity index (χ1v) is 7.13. The lowest BCUT2D eigenvalue weighted by Gasteiger charge is -2.23. The van der Waals surface area contributed by atoms with Gasteiger partial charge in [-0.1, -0.05) is 36.5 Å². The minimum Gasteiger partial charge on any atom is -0.341 e. The van der Waals surface area contributed by atoms with Crippen LogP contribution in [0.15, 0.2) is 18.2 Å². The van der Waals surface area contributed by atoms with Gasteiger partial charge in [0, 0.05) is 30.2 Å². The third-order valence-electron chi connectivity index (χ3n) is 2.99. The van der Waals surface area contributed by atoms with Crippen LogP contribution >= 0.6 is 23.2 Å². The van der Waals surface area contributed by atoms with Gasteiger partial charge in [-0.2, -0.15) is 0 Å². The van der Waals surface area contributed by atoms with E-state index in [1.807, 2.05) is 19.1 Å². The van der Waals surface area contributed by atoms with Gasteiger partial charge in [0.25, 0.3) is 0 Å². The molecule has 0 aliphatic rings. The average molecular weight is 303 g/mol. The van der Waals surface area contributed by atoms with Crippen LogP contribution in [0.5, 0.6) is 0 Å². The number of nitrogens with zero attached hydrogens (tertiary/aromatic N) is 1. The molecule has 2 N–H and O–H groups in total. The Morgan fingerprint density at radius 1 is 1.32 bits per heavy atom. The second kappa shape index (κ2) is 7.73. The maximum atomic E-state index is 12.2. The van der Waals surface area contributed by atoms with Crippen molar-refractivity contribution in [3.63, 3.8) is 0 Å². The largest absolute Gasteiger partial charge is 0.341 e. The van der Waals surface area contributed by atoms with Crippen LogP contribution in [0.1, 0.15) is 25.3 Å². The fraction of sp³-hybridized carbons (Fsp3) is 0.500. The number of halogens is 2. The van der Waals surface area contributed by atoms with Gasteiger partial charge >= 0.3 is 0 Å². The van der Waals surface area contributed by atoms with Crippen LogP contribution in [-0.2, 0) is 11.3 Å². The van der Waals surface area contributed by atoms with E-state index in [-0.39, 0.29) is 11.8 Å². The lowest BCUT2D eigenvalue weighted by atomic mass is 10.0. The van der Waals surface area contributed by atoms with Gasteiger partial charge < -0.3 is 10.6 Å². The summed E-state index contributed by atoms with van der Waals surface area (Å²) in [6, 6.07) is 5.30. The molecule has 19 heavy (non-hydrogen) atoms. The molecule has 1 atom stereocenters. The second-order valence-electron chi connectivity index (χ2n) is 4.69. The maximum Gasteiger partial charge on any atom is 0.226 e. The van der Waals surface area contributed by atoms with Crippen LogP contribution in [0.2, 0.25) is 10.0 Å². The second-order valence-corrected chi connectivity index (χ2v) is 5.57. The lowest BCUT2D eigenvalue weighted by molar-refractivity contribution is -0.134. The van der Waals surface area contributed by atoms with Gasteiger partial charge in [0.2, 0.25) is 5.91 Å². The third-order valence-corrected chi connectivity index (χ3v) is 3.43. The summed E-state index contributed by atoms with van der Waals surface area (Å²) in [4.78, 5) is 13.9. The van der Waals surface area contributed by atoms with Crippen molar-refractivity contribution in [1.82, 2.24) is 4.90 Å². The van der Waals surface area contributed by atoms with Gasteiger partial charge in [0.15, 0.2) is 0 Å². The summed E-state index contributed by atoms with van der Waals surface area (Å²) in [6.07, 6.45) is 1.76. The summed E-state index contributed by atoms with van der Waals surface area (Å²) in [7, 11) is 1.77. The number of hydrogen-bond donors (Lipinski definition) is 1. The highest BCUT2D eigenvalue weighted by molar-refractivity contribution is 6.34. The number of benzene rings is 1. The molecule has 0 spiro atoms. The first-order valence-electron chi connectivity index (χ1n) is 6.38. The predicted octanol–water partition coefficient (Wildman–Crippen LogP) is 3.33. The molecule has 1 rings (SSSR count). The fourth-order valence-electron chi connectivity index (χ4n) is 2.06. The van der Waals surface area contributed by atoms with E-state index in [9.17, 15) is 4.79 Å². The quantitative estimate of drug-likeness (QED) is 0.876. The Labute approximate surface area is 124 Å². The van der Waals surface area contributed by atoms with Crippen LogP contribution in [0, 0.1) is 5.92 Å². The minimum absolute atomic E-state index is 0.0699. The van der Waals surface area contributed by atoms with E-state index in [1.165, 1.54) is 0 Å². The molecule has 0 fully saturated rings. The number of amides is 1. The molecular formula is C14H20Cl2N2O. The van der Waals surface area contributed by atoms with E-state index in [0.29, 0.717) is 23.1 Å². The standard InChI is InChI=1S/C14H20Cl2N2O/c1-3-4-11(8-17)14(19)18(2)9-10-5-12(15)7-13(16)6-10/h5-7,11H,3-4,8-9,17H2,1-2H3. The molecule has 1 aromatic carbocycles. The monoisotopic (exact) mass is 302 g/mol. The molecule has 0 saturated carbocycles. The summed E-state index contributed by atoms with van der Waals surface area (Å²) in [5.41, 5.74) is 6.57. The Bertz CT molecular complexity index is 417. The molecule has 5 heteroatoms. The van der Waals surface area contributed by atoms with Gasteiger partial charge in [-0.05, 0) is 30.2 Å². The molecule has 1 amide bonds. The number of carbonyl (C=O) groups is 1. The molecule has 1 unspecified atom stereocenters. The van der Waals surface area contributed by atoms with Gasteiger partial charge in [-0.15, -0.1) is 0 Å². The van der Waals surface area contributed by atoms with E-state index in [1.54, 1.807) is 18.0 Å². The van der Waals surface area contributed by atoms with Gasteiger partial charge in [-0.25, -0.2) is 0 Å². The van der Waals surface area contributed by atoms with Crippen LogP contribution in [0.3, 0.4) is 0 Å². The Balaban J connectivity index is 2.72. The van der Waals surface area contributed by atoms with Crippen molar-refractivity contribution in [1.29, 1.82) is 0 Å². The molecule has 0 aliphatic heterocycles. The zero-order chi connectivity index (χ0) is 14.4. The van der Waals surface area contributed by atoms with Crippen molar-refractivity contribution in [3.05, 3.63) is 33.8 Å². The van der Waals surface area contributed by atoms with E-state index in [4.69, 9.17) is 28.9 Å². The van der Waals surface area contributed by atoms with Crippen LogP contribution in [-0.4, -0.2) is 24.4 Å². The summed E-state index contributed by atoms with van der Waals surface area (Å²) < 4.78 is 0. The van der Waals surface area contributed by atoms with Crippen molar-refractivity contribution in [2.75, 3.05) is 13.6 Å². The molecule has 1 aromatic rings. The molecule has 0 saturated heterocycles. The van der Waals surface area contributed by atoms with Gasteiger partial charge in [0.05, 0.1) is 5.92 Å². The molecule has 0 heterocycles. The predicted molar refractivity (Wildman–Crippen MR) is 80.4 cm³/mol. The average Bonchev–Trinajstić information content (AvgIpc) is 2.33. The highest BCUT2D eigenvalue weighted by Gasteiger charge is 2.20. The normalized spacial score (nSPS) is 12.3. The van der Waals surface area contributed by atoms with E-state index in [2.05, 4.69) is 0 Å². The number of carbonyl (C=O) groups excluding carboxylic acids is 1. The highest BCUT2D eigenvalue weighted by Crippen LogP contribution is 2.20. The molecule has 106 valence electrons. The fourth-order valence-corrected chi connectivity index (χ4v) is 2.63. The molecule has 0 aliphatic carbocycles. The zero-order valence-corrected chi connectivity index (χ0v) is 12.8. The lowest BCUT2D eigenvalue weighted by Crippen LogP contribution is -2.36. The molecule has 0 bridgehead atoms. The number of hydrogen-bond acceptors (Lipinski definition) is 2. The van der Waals surface area contributed by atoms with Crippen molar-refractivity contribution in [2.24, 2.45) is 11.7 Å². The van der Waals surface area contributed by atoms with Gasteiger partial charge in [-0.3, -0.25) is 4.79 Å². The van der Waals surface area contributed by atoms with Crippen LogP contribution in [0.25, 0.3) is 0 Å². The summed E-state index contributed by atoms with van der Waals surface area (Å²) >= 11 is 11.9. The first-order chi connectivity index (χ1) is 8.97. The number of rotatable bonds is 6. The van der Waals surface area contributed by atoms with E-state index >= 15 is 0 Å². The third kappa shape index (κ3) is 5.01. The maximum absolute atomic E-state index is 12.2. The Morgan fingerprint density at radius 3 is 2.37 bits per heavy atom. The molecule has 0 radical (unpaired) electrons. The Morgan fingerprint density at radius 2 is 1.89 bits per heavy atom. The topological polar surface area (TPSA) is 46.3 Å². The summed E-state index contributed by atoms with van der Waals surface area (Å²) in [5.74, 6) is -0.0369. The SMILES string of the molecule is CCCC(CN)C(=O)N(C)Cc1cc(Cl)cc(Cl)c1. The summed E-state index contributed by atoms with van der Waals surface area (Å²) in [5, 5.41) is 1.15. The summed E-state index contributed by atoms with van der Waals surface area (Å²) in [6.45, 7) is 2.92. The first kappa shape index (κ1) is 16.3. The van der Waals surface area contributed by atoms with Crippen molar-refractivity contribution < 1.29 is 4.79 Å². The van der Waals surface area contributed by atoms with Crippen molar-refractivity contribution >= 4 is 29.1 Å².